The van der Waals surface area contributed by atoms with Crippen LogP contribution in [0, 0.1) is 0 Å². The Morgan fingerprint density at radius 1 is 1.05 bits per heavy atom. The molecule has 2 N–H and O–H groups in total. The Morgan fingerprint density at radius 3 is 2.55 bits per heavy atom. The van der Waals surface area contributed by atoms with Crippen LogP contribution in [0.25, 0.3) is 0 Å². The molecule has 0 saturated carbocycles. The Bertz CT molecular complexity index is 653. The van der Waals surface area contributed by atoms with E-state index in [0.717, 1.165) is 11.4 Å². The largest absolute Gasteiger partial charge is 0.373 e. The molecule has 100 valence electrons. The van der Waals surface area contributed by atoms with E-state index in [4.69, 9.17) is 0 Å². The molecule has 1 heterocycles. The maximum atomic E-state index is 12.2. The van der Waals surface area contributed by atoms with Gasteiger partial charge in [-0.3, -0.25) is 9.59 Å². The van der Waals surface area contributed by atoms with E-state index in [2.05, 4.69) is 10.6 Å². The van der Waals surface area contributed by atoms with Crippen LogP contribution in [0.3, 0.4) is 0 Å². The molecule has 1 amide bonds. The van der Waals surface area contributed by atoms with E-state index in [1.165, 1.54) is 0 Å². The maximum Gasteiger partial charge on any atom is 0.247 e. The minimum atomic E-state index is -0.530. The lowest BCUT2D eigenvalue weighted by Gasteiger charge is -2.25. The van der Waals surface area contributed by atoms with Gasteiger partial charge in [-0.15, -0.1) is 0 Å². The fourth-order valence-corrected chi connectivity index (χ4v) is 2.30. The van der Waals surface area contributed by atoms with Gasteiger partial charge in [-0.2, -0.15) is 0 Å². The molecule has 0 aliphatic carbocycles. The number of ketones is 1. The molecular formula is C16H14N2O2. The van der Waals surface area contributed by atoms with Crippen LogP contribution in [0.5, 0.6) is 0 Å². The number of anilines is 2. The standard InChI is InChI=1S/C16H14N2O2/c19-15-10-14(18-13-9-5-4-8-12(13)15)16(20)17-11-6-2-1-3-7-11/h1-9,14,18H,10H2,(H,17,20)/t14-/m0/s1. The van der Waals surface area contributed by atoms with Crippen molar-refractivity contribution in [2.24, 2.45) is 0 Å². The monoisotopic (exact) mass is 266 g/mol. The second-order valence-corrected chi connectivity index (χ2v) is 4.73. The van der Waals surface area contributed by atoms with Crippen molar-refractivity contribution in [1.82, 2.24) is 0 Å². The third-order valence-electron chi connectivity index (χ3n) is 3.30. The number of nitrogens with one attached hydrogen (secondary N) is 2. The first-order valence-electron chi connectivity index (χ1n) is 6.49. The summed E-state index contributed by atoms with van der Waals surface area (Å²) in [5, 5.41) is 5.92. The highest BCUT2D eigenvalue weighted by molar-refractivity contribution is 6.09. The zero-order valence-electron chi connectivity index (χ0n) is 10.8. The third kappa shape index (κ3) is 2.40. The number of carbonyl (C=O) groups is 2. The molecule has 0 saturated heterocycles. The molecule has 1 aliphatic rings. The van der Waals surface area contributed by atoms with E-state index in [9.17, 15) is 9.59 Å². The molecule has 0 bridgehead atoms. The first-order chi connectivity index (χ1) is 9.74. The summed E-state index contributed by atoms with van der Waals surface area (Å²) in [5.41, 5.74) is 2.10. The summed E-state index contributed by atoms with van der Waals surface area (Å²) >= 11 is 0. The lowest BCUT2D eigenvalue weighted by molar-refractivity contribution is -0.116. The Labute approximate surface area is 116 Å². The number of hydrogen-bond acceptors (Lipinski definition) is 3. The van der Waals surface area contributed by atoms with Crippen molar-refractivity contribution in [3.63, 3.8) is 0 Å². The van der Waals surface area contributed by atoms with Crippen molar-refractivity contribution in [1.29, 1.82) is 0 Å². The molecule has 3 rings (SSSR count). The van der Waals surface area contributed by atoms with E-state index in [-0.39, 0.29) is 18.1 Å². The first-order valence-corrected chi connectivity index (χ1v) is 6.49. The Kier molecular flexibility index (Phi) is 3.21. The van der Waals surface area contributed by atoms with Crippen LogP contribution in [-0.4, -0.2) is 17.7 Å². The normalized spacial score (nSPS) is 17.0. The fourth-order valence-electron chi connectivity index (χ4n) is 2.30. The molecule has 20 heavy (non-hydrogen) atoms. The molecule has 1 aliphatic heterocycles. The van der Waals surface area contributed by atoms with Crippen LogP contribution in [0.1, 0.15) is 16.8 Å². The molecule has 1 atom stereocenters. The second kappa shape index (κ2) is 5.17. The summed E-state index contributed by atoms with van der Waals surface area (Å²) in [7, 11) is 0. The van der Waals surface area contributed by atoms with Crippen molar-refractivity contribution < 1.29 is 9.59 Å². The third-order valence-corrected chi connectivity index (χ3v) is 3.30. The van der Waals surface area contributed by atoms with Gasteiger partial charge in [0.05, 0.1) is 0 Å². The van der Waals surface area contributed by atoms with Crippen LogP contribution in [-0.2, 0) is 4.79 Å². The molecule has 2 aromatic rings. The van der Waals surface area contributed by atoms with Crippen LogP contribution >= 0.6 is 0 Å². The molecule has 2 aromatic carbocycles. The number of carbonyl (C=O) groups excluding carboxylic acids is 2. The Morgan fingerprint density at radius 2 is 1.75 bits per heavy atom. The van der Waals surface area contributed by atoms with Gasteiger partial charge in [-0.1, -0.05) is 30.3 Å². The number of Topliss-reactive ketones (excluding diaryl/α,β-unsaturated/α-hetero) is 1. The van der Waals surface area contributed by atoms with Gasteiger partial charge < -0.3 is 10.6 Å². The quantitative estimate of drug-likeness (QED) is 0.878. The Balaban J connectivity index is 1.76. The van der Waals surface area contributed by atoms with Crippen molar-refractivity contribution in [3.05, 3.63) is 60.2 Å². The topological polar surface area (TPSA) is 58.2 Å². The van der Waals surface area contributed by atoms with Gasteiger partial charge in [-0.05, 0) is 24.3 Å². The van der Waals surface area contributed by atoms with Gasteiger partial charge >= 0.3 is 0 Å². The van der Waals surface area contributed by atoms with Crippen molar-refractivity contribution >= 4 is 23.1 Å². The number of fused-ring (bicyclic) bond motifs is 1. The highest BCUT2D eigenvalue weighted by Gasteiger charge is 2.28. The average molecular weight is 266 g/mol. The highest BCUT2D eigenvalue weighted by atomic mass is 16.2. The van der Waals surface area contributed by atoms with Gasteiger partial charge in [0.25, 0.3) is 0 Å². The molecule has 0 unspecified atom stereocenters. The van der Waals surface area contributed by atoms with E-state index in [0.29, 0.717) is 5.56 Å². The van der Waals surface area contributed by atoms with Crippen LogP contribution in [0.2, 0.25) is 0 Å². The summed E-state index contributed by atoms with van der Waals surface area (Å²) in [6.07, 6.45) is 0.176. The number of benzene rings is 2. The minimum Gasteiger partial charge on any atom is -0.373 e. The van der Waals surface area contributed by atoms with Gasteiger partial charge in [0.2, 0.25) is 5.91 Å². The maximum absolute atomic E-state index is 12.2. The summed E-state index contributed by atoms with van der Waals surface area (Å²) in [6.45, 7) is 0. The predicted octanol–water partition coefficient (Wildman–Crippen LogP) is 2.69. The van der Waals surface area contributed by atoms with Gasteiger partial charge in [0, 0.05) is 23.4 Å². The highest BCUT2D eigenvalue weighted by Crippen LogP contribution is 2.24. The van der Waals surface area contributed by atoms with E-state index < -0.39 is 6.04 Å². The SMILES string of the molecule is O=C1C[C@@H](C(=O)Nc2ccccc2)Nc2ccccc21. The molecule has 0 fully saturated rings. The van der Waals surface area contributed by atoms with E-state index >= 15 is 0 Å². The van der Waals surface area contributed by atoms with Gasteiger partial charge in [-0.25, -0.2) is 0 Å². The fraction of sp³-hybridized carbons (Fsp3) is 0.125. The van der Waals surface area contributed by atoms with Crippen molar-refractivity contribution in [2.45, 2.75) is 12.5 Å². The van der Waals surface area contributed by atoms with E-state index in [1.807, 2.05) is 48.5 Å². The lowest BCUT2D eigenvalue weighted by atomic mass is 9.96. The summed E-state index contributed by atoms with van der Waals surface area (Å²) in [6, 6.07) is 15.9. The van der Waals surface area contributed by atoms with Crippen LogP contribution in [0.15, 0.2) is 54.6 Å². The lowest BCUT2D eigenvalue weighted by Crippen LogP contribution is -2.39. The smallest absolute Gasteiger partial charge is 0.247 e. The van der Waals surface area contributed by atoms with Crippen molar-refractivity contribution in [2.75, 3.05) is 10.6 Å². The minimum absolute atomic E-state index is 0.00689. The van der Waals surface area contributed by atoms with Crippen LogP contribution < -0.4 is 10.6 Å². The van der Waals surface area contributed by atoms with Gasteiger partial charge in [0.1, 0.15) is 6.04 Å². The molecule has 4 nitrogen and oxygen atoms in total. The van der Waals surface area contributed by atoms with E-state index in [1.54, 1.807) is 6.07 Å². The average Bonchev–Trinajstić information content (AvgIpc) is 2.48. The molecule has 0 aromatic heterocycles. The molecule has 0 radical (unpaired) electrons. The summed E-state index contributed by atoms with van der Waals surface area (Å²) < 4.78 is 0. The number of hydrogen-bond donors (Lipinski definition) is 2. The zero-order chi connectivity index (χ0) is 13.9. The molecular weight excluding hydrogens is 252 g/mol. The zero-order valence-corrected chi connectivity index (χ0v) is 10.8. The Hall–Kier alpha value is -2.62. The van der Waals surface area contributed by atoms with Crippen molar-refractivity contribution in [3.8, 4) is 0 Å². The van der Waals surface area contributed by atoms with Gasteiger partial charge in [0.15, 0.2) is 5.78 Å². The predicted molar refractivity (Wildman–Crippen MR) is 77.9 cm³/mol. The summed E-state index contributed by atoms with van der Waals surface area (Å²) in [4.78, 5) is 24.2. The molecule has 4 heteroatoms. The number of rotatable bonds is 2. The first kappa shape index (κ1) is 12.4. The van der Waals surface area contributed by atoms with Crippen LogP contribution in [0.4, 0.5) is 11.4 Å². The molecule has 0 spiro atoms. The number of amides is 1. The number of para-hydroxylation sites is 2. The second-order valence-electron chi connectivity index (χ2n) is 4.73. The summed E-state index contributed by atoms with van der Waals surface area (Å²) in [5.74, 6) is -0.202.